The van der Waals surface area contributed by atoms with E-state index in [0.717, 1.165) is 0 Å². The number of fused-ring (bicyclic) bond motifs is 1. The van der Waals surface area contributed by atoms with Gasteiger partial charge in [0.2, 0.25) is 0 Å². The van der Waals surface area contributed by atoms with Crippen molar-refractivity contribution in [1.82, 2.24) is 4.90 Å². The van der Waals surface area contributed by atoms with Crippen molar-refractivity contribution in [2.45, 2.75) is 20.0 Å². The highest BCUT2D eigenvalue weighted by Gasteiger charge is 2.62. The van der Waals surface area contributed by atoms with Crippen molar-refractivity contribution in [3.8, 4) is 0 Å². The maximum Gasteiger partial charge on any atom is 0.401 e. The Morgan fingerprint density at radius 1 is 1.23 bits per heavy atom. The Labute approximate surface area is 75.9 Å². The molecule has 4 heteroatoms. The summed E-state index contributed by atoms with van der Waals surface area (Å²) in [5.74, 6) is 1.02. The van der Waals surface area contributed by atoms with Crippen LogP contribution in [-0.4, -0.2) is 30.7 Å². The van der Waals surface area contributed by atoms with Crippen molar-refractivity contribution >= 4 is 0 Å². The predicted molar refractivity (Wildman–Crippen MR) is 43.3 cm³/mol. The topological polar surface area (TPSA) is 3.24 Å². The normalized spacial score (nSPS) is 37.6. The lowest BCUT2D eigenvalue weighted by atomic mass is 10.1. The Balaban J connectivity index is 1.85. The Morgan fingerprint density at radius 2 is 1.69 bits per heavy atom. The third kappa shape index (κ3) is 1.56. The second-order valence-corrected chi connectivity index (χ2v) is 4.84. The van der Waals surface area contributed by atoms with Gasteiger partial charge in [-0.05, 0) is 17.3 Å². The van der Waals surface area contributed by atoms with Crippen LogP contribution < -0.4 is 0 Å². The molecule has 2 fully saturated rings. The molecule has 0 bridgehead atoms. The van der Waals surface area contributed by atoms with Gasteiger partial charge < -0.3 is 0 Å². The van der Waals surface area contributed by atoms with E-state index in [1.807, 2.05) is 0 Å². The molecule has 1 heterocycles. The van der Waals surface area contributed by atoms with Gasteiger partial charge in [0.1, 0.15) is 0 Å². The van der Waals surface area contributed by atoms with Crippen LogP contribution in [0.2, 0.25) is 0 Å². The summed E-state index contributed by atoms with van der Waals surface area (Å²) in [6.45, 7) is 4.84. The van der Waals surface area contributed by atoms with Crippen LogP contribution in [0.1, 0.15) is 13.8 Å². The smallest absolute Gasteiger partial charge is 0.294 e. The largest absolute Gasteiger partial charge is 0.401 e. The molecular formula is C9H14F3N. The summed E-state index contributed by atoms with van der Waals surface area (Å²) in [5.41, 5.74) is 0.308. The van der Waals surface area contributed by atoms with Gasteiger partial charge in [-0.1, -0.05) is 13.8 Å². The van der Waals surface area contributed by atoms with Crippen molar-refractivity contribution in [3.63, 3.8) is 0 Å². The Hall–Kier alpha value is -0.250. The van der Waals surface area contributed by atoms with E-state index >= 15 is 0 Å². The summed E-state index contributed by atoms with van der Waals surface area (Å²) in [6, 6.07) is 0. The SMILES string of the molecule is CC1(C)C2CN(CC(F)(F)F)CC21. The lowest BCUT2D eigenvalue weighted by Gasteiger charge is -2.22. The van der Waals surface area contributed by atoms with Gasteiger partial charge in [0.15, 0.2) is 0 Å². The number of piperidine rings is 1. The van der Waals surface area contributed by atoms with Crippen molar-refractivity contribution < 1.29 is 13.2 Å². The standard InChI is InChI=1S/C9H14F3N/c1-8(2)6-3-13(4-7(6)8)5-9(10,11)12/h6-7H,3-5H2,1-2H3. The minimum Gasteiger partial charge on any atom is -0.294 e. The Morgan fingerprint density at radius 3 is 2.08 bits per heavy atom. The Bertz CT molecular complexity index is 207. The molecule has 13 heavy (non-hydrogen) atoms. The molecule has 1 aliphatic carbocycles. The number of halogens is 3. The number of likely N-dealkylation sites (tertiary alicyclic amines) is 1. The molecule has 76 valence electrons. The minimum absolute atomic E-state index is 0.308. The van der Waals surface area contributed by atoms with Crippen molar-refractivity contribution in [3.05, 3.63) is 0 Å². The zero-order chi connectivity index (χ0) is 9.85. The lowest BCUT2D eigenvalue weighted by molar-refractivity contribution is -0.145. The van der Waals surface area contributed by atoms with Gasteiger partial charge in [-0.25, -0.2) is 0 Å². The molecule has 1 aliphatic heterocycles. The molecule has 1 saturated carbocycles. The number of rotatable bonds is 1. The first-order chi connectivity index (χ1) is 5.81. The third-order valence-corrected chi connectivity index (χ3v) is 3.60. The summed E-state index contributed by atoms with van der Waals surface area (Å²) in [4.78, 5) is 1.53. The predicted octanol–water partition coefficient (Wildman–Crippen LogP) is 2.14. The van der Waals surface area contributed by atoms with Crippen molar-refractivity contribution in [1.29, 1.82) is 0 Å². The second kappa shape index (κ2) is 2.41. The maximum atomic E-state index is 12.0. The zero-order valence-electron chi connectivity index (χ0n) is 7.86. The zero-order valence-corrected chi connectivity index (χ0v) is 7.86. The van der Waals surface area contributed by atoms with Crippen LogP contribution in [0, 0.1) is 17.3 Å². The summed E-state index contributed by atoms with van der Waals surface area (Å²) in [6.07, 6.45) is -4.03. The highest BCUT2D eigenvalue weighted by molar-refractivity contribution is 5.11. The van der Waals surface area contributed by atoms with Crippen LogP contribution in [0.5, 0.6) is 0 Å². The monoisotopic (exact) mass is 193 g/mol. The quantitative estimate of drug-likeness (QED) is 0.616. The highest BCUT2D eigenvalue weighted by Crippen LogP contribution is 2.62. The molecule has 2 aliphatic rings. The third-order valence-electron chi connectivity index (χ3n) is 3.60. The summed E-state index contributed by atoms with van der Waals surface area (Å²) < 4.78 is 36.0. The van der Waals surface area contributed by atoms with E-state index in [9.17, 15) is 13.2 Å². The first-order valence-electron chi connectivity index (χ1n) is 4.60. The maximum absolute atomic E-state index is 12.0. The van der Waals surface area contributed by atoms with Gasteiger partial charge in [0.05, 0.1) is 6.54 Å². The van der Waals surface area contributed by atoms with E-state index in [2.05, 4.69) is 13.8 Å². The van der Waals surface area contributed by atoms with Crippen LogP contribution in [0.4, 0.5) is 13.2 Å². The molecule has 1 nitrogen and oxygen atoms in total. The molecule has 0 radical (unpaired) electrons. The molecular weight excluding hydrogens is 179 g/mol. The van der Waals surface area contributed by atoms with E-state index < -0.39 is 12.7 Å². The van der Waals surface area contributed by atoms with Gasteiger partial charge in [-0.15, -0.1) is 0 Å². The van der Waals surface area contributed by atoms with Gasteiger partial charge >= 0.3 is 6.18 Å². The van der Waals surface area contributed by atoms with Crippen LogP contribution >= 0.6 is 0 Å². The number of nitrogens with zero attached hydrogens (tertiary/aromatic N) is 1. The van der Waals surface area contributed by atoms with E-state index in [1.165, 1.54) is 4.90 Å². The molecule has 1 saturated heterocycles. The summed E-state index contributed by atoms with van der Waals surface area (Å²) in [7, 11) is 0. The van der Waals surface area contributed by atoms with Gasteiger partial charge in [-0.3, -0.25) is 4.90 Å². The van der Waals surface area contributed by atoms with Gasteiger partial charge in [-0.2, -0.15) is 13.2 Å². The average molecular weight is 193 g/mol. The lowest BCUT2D eigenvalue weighted by Crippen LogP contribution is -2.35. The first-order valence-corrected chi connectivity index (χ1v) is 4.60. The highest BCUT2D eigenvalue weighted by atomic mass is 19.4. The van der Waals surface area contributed by atoms with Crippen LogP contribution in [0.25, 0.3) is 0 Å². The fourth-order valence-corrected chi connectivity index (χ4v) is 2.60. The molecule has 2 atom stereocenters. The molecule has 0 N–H and O–H groups in total. The number of hydrogen-bond donors (Lipinski definition) is 0. The first kappa shape index (κ1) is 9.31. The van der Waals surface area contributed by atoms with Crippen LogP contribution in [-0.2, 0) is 0 Å². The van der Waals surface area contributed by atoms with E-state index in [1.54, 1.807) is 0 Å². The number of alkyl halides is 3. The molecule has 0 amide bonds. The van der Waals surface area contributed by atoms with Crippen molar-refractivity contribution in [2.24, 2.45) is 17.3 Å². The molecule has 2 unspecified atom stereocenters. The summed E-state index contributed by atoms with van der Waals surface area (Å²) in [5, 5.41) is 0. The van der Waals surface area contributed by atoms with E-state index in [0.29, 0.717) is 30.3 Å². The molecule has 0 spiro atoms. The fourth-order valence-electron chi connectivity index (χ4n) is 2.60. The Kier molecular flexibility index (Phi) is 1.72. The molecule has 2 rings (SSSR count). The molecule has 0 aromatic rings. The average Bonchev–Trinajstić information content (AvgIpc) is 2.38. The minimum atomic E-state index is -4.03. The molecule has 0 aromatic carbocycles. The summed E-state index contributed by atoms with van der Waals surface area (Å²) >= 11 is 0. The van der Waals surface area contributed by atoms with Crippen LogP contribution in [0.3, 0.4) is 0 Å². The van der Waals surface area contributed by atoms with Crippen LogP contribution in [0.15, 0.2) is 0 Å². The fraction of sp³-hybridized carbons (Fsp3) is 1.00. The van der Waals surface area contributed by atoms with Gasteiger partial charge in [0.25, 0.3) is 0 Å². The van der Waals surface area contributed by atoms with E-state index in [-0.39, 0.29) is 0 Å². The molecule has 0 aromatic heterocycles. The van der Waals surface area contributed by atoms with Gasteiger partial charge in [0, 0.05) is 13.1 Å². The second-order valence-electron chi connectivity index (χ2n) is 4.84. The van der Waals surface area contributed by atoms with Crippen molar-refractivity contribution in [2.75, 3.05) is 19.6 Å². The number of hydrogen-bond acceptors (Lipinski definition) is 1. The van der Waals surface area contributed by atoms with E-state index in [4.69, 9.17) is 0 Å².